The van der Waals surface area contributed by atoms with E-state index in [9.17, 15) is 14.9 Å². The maximum absolute atomic E-state index is 10.8. The third kappa shape index (κ3) is 4.49. The number of nitro groups is 1. The second-order valence-corrected chi connectivity index (χ2v) is 5.32. The van der Waals surface area contributed by atoms with Gasteiger partial charge in [0.2, 0.25) is 5.91 Å². The molecule has 0 atom stereocenters. The number of thiophene rings is 1. The van der Waals surface area contributed by atoms with Crippen LogP contribution in [0.5, 0.6) is 0 Å². The van der Waals surface area contributed by atoms with Crippen LogP contribution < -0.4 is 11.1 Å². The van der Waals surface area contributed by atoms with Crippen LogP contribution in [0.2, 0.25) is 0 Å². The Morgan fingerprint density at radius 1 is 1.65 bits per heavy atom. The summed E-state index contributed by atoms with van der Waals surface area (Å²) in [5.74, 6) is -0.376. The lowest BCUT2D eigenvalue weighted by molar-refractivity contribution is -0.380. The van der Waals surface area contributed by atoms with Crippen molar-refractivity contribution < 1.29 is 9.72 Å². The molecule has 7 heteroatoms. The average molecular weight is 257 g/mol. The highest BCUT2D eigenvalue weighted by atomic mass is 32.1. The van der Waals surface area contributed by atoms with Gasteiger partial charge in [0.25, 0.3) is 0 Å². The molecule has 0 unspecified atom stereocenters. The minimum absolute atomic E-state index is 0.120. The zero-order chi connectivity index (χ0) is 13.1. The molecule has 1 aromatic heterocycles. The van der Waals surface area contributed by atoms with Crippen LogP contribution in [0.4, 0.5) is 5.00 Å². The lowest BCUT2D eigenvalue weighted by Gasteiger charge is -2.24. The van der Waals surface area contributed by atoms with Crippen LogP contribution in [0.1, 0.15) is 25.8 Å². The Morgan fingerprint density at radius 3 is 2.76 bits per heavy atom. The number of rotatable bonds is 6. The topological polar surface area (TPSA) is 98.3 Å². The Balaban J connectivity index is 2.54. The van der Waals surface area contributed by atoms with Crippen molar-refractivity contribution in [3.8, 4) is 0 Å². The normalized spacial score (nSPS) is 11.4. The number of hydrogen-bond acceptors (Lipinski definition) is 5. The third-order valence-corrected chi connectivity index (χ3v) is 3.14. The van der Waals surface area contributed by atoms with E-state index in [0.717, 1.165) is 16.9 Å². The summed E-state index contributed by atoms with van der Waals surface area (Å²) >= 11 is 1.09. The summed E-state index contributed by atoms with van der Waals surface area (Å²) in [7, 11) is 0. The van der Waals surface area contributed by atoms with Gasteiger partial charge in [-0.3, -0.25) is 14.9 Å². The molecule has 0 spiro atoms. The Hall–Kier alpha value is -1.47. The number of hydrogen-bond donors (Lipinski definition) is 2. The van der Waals surface area contributed by atoms with Crippen LogP contribution in [0.25, 0.3) is 0 Å². The zero-order valence-corrected chi connectivity index (χ0v) is 10.5. The highest BCUT2D eigenvalue weighted by Gasteiger charge is 2.20. The number of nitrogens with zero attached hydrogens (tertiary/aromatic N) is 1. The summed E-state index contributed by atoms with van der Waals surface area (Å²) in [5.41, 5.74) is 5.54. The molecule has 0 aromatic carbocycles. The molecule has 6 nitrogen and oxygen atoms in total. The predicted molar refractivity (Wildman–Crippen MR) is 65.7 cm³/mol. The first-order valence-electron chi connectivity index (χ1n) is 5.05. The first-order valence-corrected chi connectivity index (χ1v) is 5.93. The van der Waals surface area contributed by atoms with Gasteiger partial charge in [0, 0.05) is 30.0 Å². The van der Waals surface area contributed by atoms with E-state index in [-0.39, 0.29) is 17.3 Å². The standard InChI is InChI=1S/C10H15N3O3S/c1-10(2,4-8(11)14)12-5-7-3-9(13(15)16)17-6-7/h3,6,12H,4-5H2,1-2H3,(H2,11,14). The lowest BCUT2D eigenvalue weighted by atomic mass is 10.00. The lowest BCUT2D eigenvalue weighted by Crippen LogP contribution is -2.42. The van der Waals surface area contributed by atoms with E-state index in [4.69, 9.17) is 5.73 Å². The first kappa shape index (κ1) is 13.6. The maximum atomic E-state index is 10.8. The predicted octanol–water partition coefficient (Wildman–Crippen LogP) is 1.40. The van der Waals surface area contributed by atoms with Gasteiger partial charge in [-0.15, -0.1) is 0 Å². The summed E-state index contributed by atoms with van der Waals surface area (Å²) in [6.45, 7) is 4.20. The van der Waals surface area contributed by atoms with Gasteiger partial charge in [-0.25, -0.2) is 0 Å². The van der Waals surface area contributed by atoms with Gasteiger partial charge in [-0.1, -0.05) is 11.3 Å². The summed E-state index contributed by atoms with van der Waals surface area (Å²) in [5, 5.41) is 15.5. The SMILES string of the molecule is CC(C)(CC(N)=O)NCc1csc([N+](=O)[O-])c1. The fourth-order valence-corrected chi connectivity index (χ4v) is 2.12. The molecule has 0 saturated carbocycles. The molecule has 0 aliphatic carbocycles. The molecule has 1 amide bonds. The smallest absolute Gasteiger partial charge is 0.324 e. The molecule has 1 aromatic rings. The van der Waals surface area contributed by atoms with Gasteiger partial charge in [-0.2, -0.15) is 0 Å². The van der Waals surface area contributed by atoms with E-state index in [1.54, 1.807) is 5.38 Å². The van der Waals surface area contributed by atoms with Gasteiger partial charge >= 0.3 is 5.00 Å². The van der Waals surface area contributed by atoms with Crippen LogP contribution in [0, 0.1) is 10.1 Å². The van der Waals surface area contributed by atoms with E-state index >= 15 is 0 Å². The van der Waals surface area contributed by atoms with Crippen molar-refractivity contribution in [2.75, 3.05) is 0 Å². The molecule has 3 N–H and O–H groups in total. The molecular weight excluding hydrogens is 242 g/mol. The maximum Gasteiger partial charge on any atom is 0.324 e. The Morgan fingerprint density at radius 2 is 2.29 bits per heavy atom. The highest BCUT2D eigenvalue weighted by molar-refractivity contribution is 7.13. The van der Waals surface area contributed by atoms with Crippen LogP contribution in [0.15, 0.2) is 11.4 Å². The van der Waals surface area contributed by atoms with E-state index in [2.05, 4.69) is 5.32 Å². The number of primary amides is 1. The van der Waals surface area contributed by atoms with Gasteiger partial charge < -0.3 is 11.1 Å². The van der Waals surface area contributed by atoms with Crippen LogP contribution in [0.3, 0.4) is 0 Å². The van der Waals surface area contributed by atoms with Crippen molar-refractivity contribution in [2.45, 2.75) is 32.4 Å². The Labute approximate surface area is 103 Å². The molecule has 0 radical (unpaired) electrons. The molecule has 0 fully saturated rings. The molecule has 17 heavy (non-hydrogen) atoms. The number of carbonyl (C=O) groups excluding carboxylic acids is 1. The monoisotopic (exact) mass is 257 g/mol. The second kappa shape index (κ2) is 5.24. The van der Waals surface area contributed by atoms with E-state index in [1.165, 1.54) is 6.07 Å². The Kier molecular flexibility index (Phi) is 4.19. The molecule has 0 aliphatic rings. The summed E-state index contributed by atoms with van der Waals surface area (Å²) in [6.07, 6.45) is 0.221. The number of amides is 1. The van der Waals surface area contributed by atoms with Crippen molar-refractivity contribution in [1.29, 1.82) is 0 Å². The van der Waals surface area contributed by atoms with Crippen molar-refractivity contribution in [3.63, 3.8) is 0 Å². The minimum atomic E-state index is -0.414. The quantitative estimate of drug-likeness (QED) is 0.594. The zero-order valence-electron chi connectivity index (χ0n) is 9.73. The van der Waals surface area contributed by atoms with Gasteiger partial charge in [-0.05, 0) is 19.4 Å². The van der Waals surface area contributed by atoms with Gasteiger partial charge in [0.05, 0.1) is 4.92 Å². The number of nitrogens with one attached hydrogen (secondary N) is 1. The summed E-state index contributed by atoms with van der Waals surface area (Å²) in [4.78, 5) is 20.9. The van der Waals surface area contributed by atoms with E-state index in [0.29, 0.717) is 6.54 Å². The van der Waals surface area contributed by atoms with Crippen LogP contribution in [-0.2, 0) is 11.3 Å². The fraction of sp³-hybridized carbons (Fsp3) is 0.500. The third-order valence-electron chi connectivity index (χ3n) is 2.21. The first-order chi connectivity index (χ1) is 7.80. The summed E-state index contributed by atoms with van der Waals surface area (Å²) < 4.78 is 0. The van der Waals surface area contributed by atoms with Crippen molar-refractivity contribution in [1.82, 2.24) is 5.32 Å². The fourth-order valence-electron chi connectivity index (χ4n) is 1.39. The molecule has 0 saturated heterocycles. The number of nitrogens with two attached hydrogens (primary N) is 1. The molecule has 0 bridgehead atoms. The highest BCUT2D eigenvalue weighted by Crippen LogP contribution is 2.23. The molecular formula is C10H15N3O3S. The van der Waals surface area contributed by atoms with Crippen molar-refractivity contribution in [2.24, 2.45) is 5.73 Å². The van der Waals surface area contributed by atoms with E-state index < -0.39 is 10.5 Å². The van der Waals surface area contributed by atoms with Crippen LogP contribution >= 0.6 is 11.3 Å². The average Bonchev–Trinajstić information content (AvgIpc) is 2.61. The van der Waals surface area contributed by atoms with Crippen molar-refractivity contribution >= 4 is 22.2 Å². The number of carbonyl (C=O) groups is 1. The van der Waals surface area contributed by atoms with E-state index in [1.807, 2.05) is 13.8 Å². The van der Waals surface area contributed by atoms with Crippen LogP contribution in [-0.4, -0.2) is 16.4 Å². The summed E-state index contributed by atoms with van der Waals surface area (Å²) in [6, 6.07) is 1.53. The molecule has 94 valence electrons. The molecule has 0 aliphatic heterocycles. The van der Waals surface area contributed by atoms with Gasteiger partial charge in [0.15, 0.2) is 0 Å². The minimum Gasteiger partial charge on any atom is -0.370 e. The Bertz CT molecular complexity index is 428. The second-order valence-electron chi connectivity index (χ2n) is 4.43. The van der Waals surface area contributed by atoms with Gasteiger partial charge in [0.1, 0.15) is 0 Å². The van der Waals surface area contributed by atoms with Crippen molar-refractivity contribution in [3.05, 3.63) is 27.1 Å². The molecule has 1 rings (SSSR count). The molecule has 1 heterocycles. The largest absolute Gasteiger partial charge is 0.370 e.